The van der Waals surface area contributed by atoms with Crippen molar-refractivity contribution in [3.63, 3.8) is 0 Å². The van der Waals surface area contributed by atoms with E-state index in [0.717, 1.165) is 12.4 Å². The second kappa shape index (κ2) is 3.46. The fourth-order valence-corrected chi connectivity index (χ4v) is 1.34. The second-order valence-corrected chi connectivity index (χ2v) is 3.49. The molecule has 2 rings (SSSR count). The minimum absolute atomic E-state index is 0.0881. The Balaban J connectivity index is 1.98. The van der Waals surface area contributed by atoms with Crippen molar-refractivity contribution in [2.75, 3.05) is 13.2 Å². The highest BCUT2D eigenvalue weighted by Crippen LogP contribution is 2.14. The van der Waals surface area contributed by atoms with Crippen molar-refractivity contribution in [1.82, 2.24) is 5.32 Å². The van der Waals surface area contributed by atoms with Crippen LogP contribution in [0.25, 0.3) is 0 Å². The van der Waals surface area contributed by atoms with Gasteiger partial charge in [-0.15, -0.1) is 0 Å². The molecular formula is C10H13NO3. The quantitative estimate of drug-likeness (QED) is 0.733. The Morgan fingerprint density at radius 1 is 1.64 bits per heavy atom. The van der Waals surface area contributed by atoms with Gasteiger partial charge in [0.05, 0.1) is 18.3 Å². The van der Waals surface area contributed by atoms with Crippen molar-refractivity contribution in [3.8, 4) is 0 Å². The SMILES string of the molecule is Cc1cc(C(=O)NC[C@@H]2CO2)c(C)o1. The van der Waals surface area contributed by atoms with Gasteiger partial charge in [-0.05, 0) is 19.9 Å². The smallest absolute Gasteiger partial charge is 0.254 e. The zero-order chi connectivity index (χ0) is 10.1. The molecular weight excluding hydrogens is 182 g/mol. The summed E-state index contributed by atoms with van der Waals surface area (Å²) in [5.41, 5.74) is 0.614. The van der Waals surface area contributed by atoms with Gasteiger partial charge in [0, 0.05) is 6.54 Å². The van der Waals surface area contributed by atoms with Crippen LogP contribution in [0.15, 0.2) is 10.5 Å². The molecule has 0 unspecified atom stereocenters. The van der Waals surface area contributed by atoms with Gasteiger partial charge in [-0.3, -0.25) is 4.79 Å². The number of nitrogens with one attached hydrogen (secondary N) is 1. The topological polar surface area (TPSA) is 54.8 Å². The lowest BCUT2D eigenvalue weighted by atomic mass is 10.2. The highest BCUT2D eigenvalue weighted by Gasteiger charge is 2.23. The van der Waals surface area contributed by atoms with E-state index in [1.165, 1.54) is 0 Å². The molecule has 4 heteroatoms. The van der Waals surface area contributed by atoms with Crippen LogP contribution in [0, 0.1) is 13.8 Å². The maximum atomic E-state index is 11.6. The molecule has 1 aromatic rings. The number of hydrogen-bond acceptors (Lipinski definition) is 3. The van der Waals surface area contributed by atoms with E-state index in [0.29, 0.717) is 17.9 Å². The Bertz CT molecular complexity index is 352. The lowest BCUT2D eigenvalue weighted by molar-refractivity contribution is 0.0949. The molecule has 1 fully saturated rings. The third-order valence-corrected chi connectivity index (χ3v) is 2.18. The number of aryl methyl sites for hydroxylation is 2. The first kappa shape index (κ1) is 9.27. The van der Waals surface area contributed by atoms with Crippen molar-refractivity contribution in [2.24, 2.45) is 0 Å². The molecule has 1 aliphatic heterocycles. The summed E-state index contributed by atoms with van der Waals surface area (Å²) in [5, 5.41) is 2.79. The van der Waals surface area contributed by atoms with Gasteiger partial charge in [0.25, 0.3) is 5.91 Å². The lowest BCUT2D eigenvalue weighted by Crippen LogP contribution is -2.27. The van der Waals surface area contributed by atoms with E-state index in [2.05, 4.69) is 5.32 Å². The van der Waals surface area contributed by atoms with Crippen LogP contribution in [0.4, 0.5) is 0 Å². The van der Waals surface area contributed by atoms with E-state index < -0.39 is 0 Å². The Labute approximate surface area is 82.2 Å². The first-order chi connectivity index (χ1) is 6.66. The predicted octanol–water partition coefficient (Wildman–Crippen LogP) is 1.03. The van der Waals surface area contributed by atoms with Gasteiger partial charge >= 0.3 is 0 Å². The van der Waals surface area contributed by atoms with Crippen molar-refractivity contribution >= 4 is 5.91 Å². The van der Waals surface area contributed by atoms with E-state index in [4.69, 9.17) is 9.15 Å². The van der Waals surface area contributed by atoms with Crippen molar-refractivity contribution in [2.45, 2.75) is 20.0 Å². The highest BCUT2D eigenvalue weighted by atomic mass is 16.6. The van der Waals surface area contributed by atoms with Gasteiger partial charge in [-0.25, -0.2) is 0 Å². The Hall–Kier alpha value is -1.29. The van der Waals surface area contributed by atoms with E-state index >= 15 is 0 Å². The van der Waals surface area contributed by atoms with Gasteiger partial charge in [0.2, 0.25) is 0 Å². The molecule has 14 heavy (non-hydrogen) atoms. The summed E-state index contributed by atoms with van der Waals surface area (Å²) >= 11 is 0. The zero-order valence-electron chi connectivity index (χ0n) is 8.29. The third kappa shape index (κ3) is 1.96. The summed E-state index contributed by atoms with van der Waals surface area (Å²) in [5.74, 6) is 1.34. The molecule has 0 aliphatic carbocycles. The molecule has 1 saturated heterocycles. The summed E-state index contributed by atoms with van der Waals surface area (Å²) in [6.07, 6.45) is 0.215. The minimum atomic E-state index is -0.0881. The van der Waals surface area contributed by atoms with Gasteiger partial charge in [-0.1, -0.05) is 0 Å². The molecule has 4 nitrogen and oxygen atoms in total. The molecule has 0 spiro atoms. The molecule has 1 atom stereocenters. The average Bonchev–Trinajstić information content (AvgIpc) is 2.88. The van der Waals surface area contributed by atoms with Crippen molar-refractivity contribution < 1.29 is 13.9 Å². The molecule has 0 saturated carbocycles. The predicted molar refractivity (Wildman–Crippen MR) is 50.3 cm³/mol. The Kier molecular flexibility index (Phi) is 2.29. The van der Waals surface area contributed by atoms with Crippen LogP contribution in [0.2, 0.25) is 0 Å². The van der Waals surface area contributed by atoms with Gasteiger partial charge < -0.3 is 14.5 Å². The molecule has 1 aromatic heterocycles. The number of hydrogen-bond donors (Lipinski definition) is 1. The number of rotatable bonds is 3. The number of carbonyl (C=O) groups is 1. The van der Waals surface area contributed by atoms with Crippen LogP contribution >= 0.6 is 0 Å². The Morgan fingerprint density at radius 3 is 2.86 bits per heavy atom. The maximum absolute atomic E-state index is 11.6. The van der Waals surface area contributed by atoms with E-state index in [9.17, 15) is 4.79 Å². The van der Waals surface area contributed by atoms with Crippen LogP contribution in [0.1, 0.15) is 21.9 Å². The number of epoxide rings is 1. The summed E-state index contributed by atoms with van der Waals surface area (Å²) in [7, 11) is 0. The lowest BCUT2D eigenvalue weighted by Gasteiger charge is -2.00. The van der Waals surface area contributed by atoms with E-state index in [-0.39, 0.29) is 12.0 Å². The van der Waals surface area contributed by atoms with Crippen LogP contribution in [0.5, 0.6) is 0 Å². The first-order valence-electron chi connectivity index (χ1n) is 4.63. The van der Waals surface area contributed by atoms with Crippen LogP contribution in [-0.2, 0) is 4.74 Å². The van der Waals surface area contributed by atoms with Gasteiger partial charge in [0.1, 0.15) is 11.5 Å². The summed E-state index contributed by atoms with van der Waals surface area (Å²) < 4.78 is 10.3. The largest absolute Gasteiger partial charge is 0.466 e. The average molecular weight is 195 g/mol. The Morgan fingerprint density at radius 2 is 2.36 bits per heavy atom. The van der Waals surface area contributed by atoms with Gasteiger partial charge in [0.15, 0.2) is 0 Å². The number of furan rings is 1. The fraction of sp³-hybridized carbons (Fsp3) is 0.500. The molecule has 1 amide bonds. The maximum Gasteiger partial charge on any atom is 0.254 e. The van der Waals surface area contributed by atoms with Crippen molar-refractivity contribution in [1.29, 1.82) is 0 Å². The van der Waals surface area contributed by atoms with Crippen LogP contribution < -0.4 is 5.32 Å². The molecule has 1 aliphatic rings. The number of amides is 1. The summed E-state index contributed by atoms with van der Waals surface area (Å²) in [6, 6.07) is 1.75. The number of carbonyl (C=O) groups excluding carboxylic acids is 1. The van der Waals surface area contributed by atoms with E-state index in [1.54, 1.807) is 13.0 Å². The van der Waals surface area contributed by atoms with E-state index in [1.807, 2.05) is 6.92 Å². The molecule has 0 aromatic carbocycles. The standard InChI is InChI=1S/C10H13NO3/c1-6-3-9(7(2)14-6)10(12)11-4-8-5-13-8/h3,8H,4-5H2,1-2H3,(H,11,12)/t8-/m1/s1. The van der Waals surface area contributed by atoms with Gasteiger partial charge in [-0.2, -0.15) is 0 Å². The fourth-order valence-electron chi connectivity index (χ4n) is 1.34. The molecule has 76 valence electrons. The van der Waals surface area contributed by atoms with Crippen molar-refractivity contribution in [3.05, 3.63) is 23.2 Å². The normalized spacial score (nSPS) is 19.4. The monoisotopic (exact) mass is 195 g/mol. The minimum Gasteiger partial charge on any atom is -0.466 e. The zero-order valence-corrected chi connectivity index (χ0v) is 8.29. The number of ether oxygens (including phenoxy) is 1. The second-order valence-electron chi connectivity index (χ2n) is 3.49. The van der Waals surface area contributed by atoms with Crippen LogP contribution in [0.3, 0.4) is 0 Å². The molecule has 2 heterocycles. The highest BCUT2D eigenvalue weighted by molar-refractivity contribution is 5.95. The third-order valence-electron chi connectivity index (χ3n) is 2.18. The molecule has 0 radical (unpaired) electrons. The summed E-state index contributed by atoms with van der Waals surface area (Å²) in [6.45, 7) is 4.95. The molecule has 0 bridgehead atoms. The first-order valence-corrected chi connectivity index (χ1v) is 4.63. The molecule has 1 N–H and O–H groups in total. The van der Waals surface area contributed by atoms with Crippen LogP contribution in [-0.4, -0.2) is 25.2 Å². The summed E-state index contributed by atoms with van der Waals surface area (Å²) in [4.78, 5) is 11.6.